The number of hydrogen-bond acceptors (Lipinski definition) is 3. The topological polar surface area (TPSA) is 30.5 Å². The minimum absolute atomic E-state index is 0.190. The number of halogens is 1. The molecule has 0 fully saturated rings. The number of benzene rings is 2. The average molecular weight is 306 g/mol. The summed E-state index contributed by atoms with van der Waals surface area (Å²) in [6.07, 6.45) is 0.190. The third kappa shape index (κ3) is 4.57. The fraction of sp³-hybridized carbons (Fsp3) is 0.294. The van der Waals surface area contributed by atoms with Crippen LogP contribution in [0.2, 0.25) is 5.02 Å². The molecule has 3 nitrogen and oxygen atoms in total. The second-order valence-electron chi connectivity index (χ2n) is 5.01. The van der Waals surface area contributed by atoms with Crippen molar-refractivity contribution in [1.29, 1.82) is 0 Å². The smallest absolute Gasteiger partial charge is 0.139 e. The number of anilines is 1. The number of hydrogen-bond donors (Lipinski definition) is 1. The molecule has 2 rings (SSSR count). The lowest BCUT2D eigenvalue weighted by atomic mass is 10.2. The third-order valence-corrected chi connectivity index (χ3v) is 3.26. The predicted molar refractivity (Wildman–Crippen MR) is 87.5 cm³/mol. The molecule has 0 heterocycles. The van der Waals surface area contributed by atoms with E-state index in [9.17, 15) is 0 Å². The summed E-state index contributed by atoms with van der Waals surface area (Å²) in [5, 5.41) is 3.95. The molecular weight excluding hydrogens is 286 g/mol. The molecule has 0 aromatic heterocycles. The normalized spacial score (nSPS) is 10.5. The van der Waals surface area contributed by atoms with E-state index in [0.29, 0.717) is 10.8 Å². The van der Waals surface area contributed by atoms with Crippen molar-refractivity contribution in [2.24, 2.45) is 0 Å². The summed E-state index contributed by atoms with van der Waals surface area (Å²) in [5.74, 6) is 1.56. The van der Waals surface area contributed by atoms with Crippen LogP contribution in [0.3, 0.4) is 0 Å². The number of ether oxygens (including phenoxy) is 2. The summed E-state index contributed by atoms with van der Waals surface area (Å²) in [7, 11) is 1.61. The van der Waals surface area contributed by atoms with Gasteiger partial charge in [-0.1, -0.05) is 23.7 Å². The van der Waals surface area contributed by atoms with Crippen LogP contribution in [0.25, 0.3) is 0 Å². The van der Waals surface area contributed by atoms with Crippen LogP contribution in [0.1, 0.15) is 19.4 Å². The van der Waals surface area contributed by atoms with Crippen molar-refractivity contribution >= 4 is 17.3 Å². The Labute approximate surface area is 130 Å². The molecule has 0 aliphatic heterocycles. The molecule has 0 spiro atoms. The van der Waals surface area contributed by atoms with Crippen molar-refractivity contribution in [1.82, 2.24) is 0 Å². The minimum atomic E-state index is 0.190. The lowest BCUT2D eigenvalue weighted by Crippen LogP contribution is -2.05. The van der Waals surface area contributed by atoms with Gasteiger partial charge in [0, 0.05) is 18.3 Å². The highest BCUT2D eigenvalue weighted by atomic mass is 35.5. The zero-order valence-electron chi connectivity index (χ0n) is 12.5. The summed E-state index contributed by atoms with van der Waals surface area (Å²) in [4.78, 5) is 0. The molecule has 1 N–H and O–H groups in total. The van der Waals surface area contributed by atoms with Crippen LogP contribution in [0.4, 0.5) is 5.69 Å². The van der Waals surface area contributed by atoms with E-state index in [2.05, 4.69) is 17.4 Å². The van der Waals surface area contributed by atoms with Crippen LogP contribution in [-0.4, -0.2) is 13.2 Å². The number of methoxy groups -OCH3 is 1. The average Bonchev–Trinajstić information content (AvgIpc) is 2.47. The van der Waals surface area contributed by atoms with Gasteiger partial charge >= 0.3 is 0 Å². The number of rotatable bonds is 6. The minimum Gasteiger partial charge on any atom is -0.495 e. The molecule has 0 bridgehead atoms. The van der Waals surface area contributed by atoms with E-state index in [0.717, 1.165) is 18.0 Å². The standard InChI is InChI=1S/C17H20ClNO2/c1-12(2)21-15-7-4-13(5-8-15)11-19-14-6-9-16(18)17(10-14)20-3/h4-10,12,19H,11H2,1-3H3. The van der Waals surface area contributed by atoms with Gasteiger partial charge in [-0.05, 0) is 43.7 Å². The first-order valence-corrected chi connectivity index (χ1v) is 7.29. The van der Waals surface area contributed by atoms with Gasteiger partial charge in [-0.15, -0.1) is 0 Å². The Morgan fingerprint density at radius 1 is 1.10 bits per heavy atom. The Morgan fingerprint density at radius 2 is 1.81 bits per heavy atom. The van der Waals surface area contributed by atoms with E-state index in [1.807, 2.05) is 44.2 Å². The fourth-order valence-electron chi connectivity index (χ4n) is 1.93. The molecule has 112 valence electrons. The van der Waals surface area contributed by atoms with Gasteiger partial charge in [0.25, 0.3) is 0 Å². The van der Waals surface area contributed by atoms with Crippen LogP contribution < -0.4 is 14.8 Å². The first-order chi connectivity index (χ1) is 10.1. The summed E-state index contributed by atoms with van der Waals surface area (Å²) < 4.78 is 10.8. The number of nitrogens with one attached hydrogen (secondary N) is 1. The van der Waals surface area contributed by atoms with Crippen LogP contribution >= 0.6 is 11.6 Å². The third-order valence-electron chi connectivity index (χ3n) is 2.94. The Hall–Kier alpha value is -1.87. The molecule has 0 aliphatic carbocycles. The largest absolute Gasteiger partial charge is 0.495 e. The van der Waals surface area contributed by atoms with Gasteiger partial charge in [0.15, 0.2) is 0 Å². The Morgan fingerprint density at radius 3 is 2.43 bits per heavy atom. The zero-order chi connectivity index (χ0) is 15.2. The molecule has 0 amide bonds. The van der Waals surface area contributed by atoms with Crippen molar-refractivity contribution in [3.05, 3.63) is 53.1 Å². The molecule has 0 aliphatic rings. The molecule has 2 aromatic carbocycles. The van der Waals surface area contributed by atoms with E-state index in [1.165, 1.54) is 5.56 Å². The van der Waals surface area contributed by atoms with E-state index < -0.39 is 0 Å². The Bertz CT molecular complexity index is 582. The van der Waals surface area contributed by atoms with Crippen LogP contribution in [0.15, 0.2) is 42.5 Å². The quantitative estimate of drug-likeness (QED) is 0.835. The van der Waals surface area contributed by atoms with Crippen molar-refractivity contribution < 1.29 is 9.47 Å². The first-order valence-electron chi connectivity index (χ1n) is 6.91. The van der Waals surface area contributed by atoms with Crippen molar-refractivity contribution in [2.75, 3.05) is 12.4 Å². The molecule has 0 saturated carbocycles. The van der Waals surface area contributed by atoms with Gasteiger partial charge in [0.2, 0.25) is 0 Å². The maximum Gasteiger partial charge on any atom is 0.139 e. The Balaban J connectivity index is 1.96. The lowest BCUT2D eigenvalue weighted by Gasteiger charge is -2.11. The van der Waals surface area contributed by atoms with Crippen LogP contribution in [0, 0.1) is 0 Å². The van der Waals surface area contributed by atoms with E-state index in [-0.39, 0.29) is 6.10 Å². The lowest BCUT2D eigenvalue weighted by molar-refractivity contribution is 0.242. The highest BCUT2D eigenvalue weighted by Gasteiger charge is 2.02. The van der Waals surface area contributed by atoms with Crippen LogP contribution in [0.5, 0.6) is 11.5 Å². The molecule has 0 radical (unpaired) electrons. The monoisotopic (exact) mass is 305 g/mol. The van der Waals surface area contributed by atoms with Gasteiger partial charge in [0.1, 0.15) is 11.5 Å². The van der Waals surface area contributed by atoms with E-state index in [1.54, 1.807) is 7.11 Å². The predicted octanol–water partition coefficient (Wildman–Crippen LogP) is 4.75. The van der Waals surface area contributed by atoms with Gasteiger partial charge < -0.3 is 14.8 Å². The zero-order valence-corrected chi connectivity index (χ0v) is 13.3. The van der Waals surface area contributed by atoms with Gasteiger partial charge in [0.05, 0.1) is 18.2 Å². The van der Waals surface area contributed by atoms with E-state index in [4.69, 9.17) is 21.1 Å². The maximum atomic E-state index is 6.01. The second kappa shape index (κ2) is 7.23. The molecule has 4 heteroatoms. The van der Waals surface area contributed by atoms with Gasteiger partial charge in [-0.25, -0.2) is 0 Å². The van der Waals surface area contributed by atoms with Crippen molar-refractivity contribution in [3.8, 4) is 11.5 Å². The molecule has 0 atom stereocenters. The molecule has 0 saturated heterocycles. The summed E-state index contributed by atoms with van der Waals surface area (Å²) >= 11 is 6.01. The Kier molecular flexibility index (Phi) is 5.34. The van der Waals surface area contributed by atoms with E-state index >= 15 is 0 Å². The van der Waals surface area contributed by atoms with Crippen molar-refractivity contribution in [2.45, 2.75) is 26.5 Å². The summed E-state index contributed by atoms with van der Waals surface area (Å²) in [6, 6.07) is 13.7. The highest BCUT2D eigenvalue weighted by Crippen LogP contribution is 2.27. The molecule has 2 aromatic rings. The second-order valence-corrected chi connectivity index (χ2v) is 5.42. The van der Waals surface area contributed by atoms with Crippen molar-refractivity contribution in [3.63, 3.8) is 0 Å². The van der Waals surface area contributed by atoms with Gasteiger partial charge in [-0.2, -0.15) is 0 Å². The fourth-order valence-corrected chi connectivity index (χ4v) is 2.13. The molecule has 21 heavy (non-hydrogen) atoms. The van der Waals surface area contributed by atoms with Crippen LogP contribution in [-0.2, 0) is 6.54 Å². The maximum absolute atomic E-state index is 6.01. The SMILES string of the molecule is COc1cc(NCc2ccc(OC(C)C)cc2)ccc1Cl. The summed E-state index contributed by atoms with van der Waals surface area (Å²) in [5.41, 5.74) is 2.15. The summed E-state index contributed by atoms with van der Waals surface area (Å²) in [6.45, 7) is 4.76. The van der Waals surface area contributed by atoms with Gasteiger partial charge in [-0.3, -0.25) is 0 Å². The highest BCUT2D eigenvalue weighted by molar-refractivity contribution is 6.32. The first kappa shape index (κ1) is 15.5. The molecule has 0 unspecified atom stereocenters. The molecular formula is C17H20ClNO2.